The van der Waals surface area contributed by atoms with Crippen LogP contribution in [0.4, 0.5) is 13.2 Å². The predicted molar refractivity (Wildman–Crippen MR) is 61.3 cm³/mol. The molecule has 0 aromatic carbocycles. The Morgan fingerprint density at radius 2 is 2.05 bits per heavy atom. The van der Waals surface area contributed by atoms with E-state index in [4.69, 9.17) is 5.11 Å². The van der Waals surface area contributed by atoms with Gasteiger partial charge in [-0.15, -0.1) is 0 Å². The van der Waals surface area contributed by atoms with Gasteiger partial charge in [-0.3, -0.25) is 9.36 Å². The Labute approximate surface area is 107 Å². The van der Waals surface area contributed by atoms with E-state index >= 15 is 0 Å². The predicted octanol–water partition coefficient (Wildman–Crippen LogP) is 1.60. The molecule has 2 heterocycles. The van der Waals surface area contributed by atoms with Gasteiger partial charge in [0.05, 0.1) is 25.0 Å². The highest BCUT2D eigenvalue weighted by molar-refractivity contribution is 5.62. The average Bonchev–Trinajstić information content (AvgIpc) is 2.84. The molecule has 0 unspecified atom stereocenters. The summed E-state index contributed by atoms with van der Waals surface area (Å²) in [5.41, 5.74) is 0.665. The Bertz CT molecular complexity index is 585. The van der Waals surface area contributed by atoms with E-state index < -0.39 is 11.9 Å². The van der Waals surface area contributed by atoms with Crippen molar-refractivity contribution in [2.24, 2.45) is 7.05 Å². The van der Waals surface area contributed by atoms with E-state index in [1.54, 1.807) is 6.92 Å². The van der Waals surface area contributed by atoms with Crippen molar-refractivity contribution in [2.45, 2.75) is 19.6 Å². The standard InChI is InChI=1S/C11H13F3N4O/c1-7-8(6-15-18(7)3-4-19)9-5-10(11(12,13)14)16-17(9)2/h5-6,19H,3-4H2,1-2H3. The molecule has 2 rings (SSSR count). The van der Waals surface area contributed by atoms with E-state index in [1.807, 2.05) is 0 Å². The van der Waals surface area contributed by atoms with Gasteiger partial charge in [-0.1, -0.05) is 0 Å². The van der Waals surface area contributed by atoms with Crippen LogP contribution >= 0.6 is 0 Å². The van der Waals surface area contributed by atoms with Crippen LogP contribution in [-0.2, 0) is 19.8 Å². The van der Waals surface area contributed by atoms with Crippen molar-refractivity contribution < 1.29 is 18.3 Å². The van der Waals surface area contributed by atoms with Crippen LogP contribution in [-0.4, -0.2) is 31.3 Å². The van der Waals surface area contributed by atoms with Crippen molar-refractivity contribution >= 4 is 0 Å². The Hall–Kier alpha value is -1.83. The van der Waals surface area contributed by atoms with Crippen LogP contribution in [0.2, 0.25) is 0 Å². The normalized spacial score (nSPS) is 12.1. The smallest absolute Gasteiger partial charge is 0.394 e. The van der Waals surface area contributed by atoms with Gasteiger partial charge in [0.15, 0.2) is 5.69 Å². The molecule has 19 heavy (non-hydrogen) atoms. The molecule has 0 atom stereocenters. The highest BCUT2D eigenvalue weighted by atomic mass is 19.4. The number of hydrogen-bond acceptors (Lipinski definition) is 3. The fraction of sp³-hybridized carbons (Fsp3) is 0.455. The highest BCUT2D eigenvalue weighted by Crippen LogP contribution is 2.32. The largest absolute Gasteiger partial charge is 0.435 e. The number of aryl methyl sites for hydroxylation is 1. The molecule has 0 bridgehead atoms. The molecule has 5 nitrogen and oxygen atoms in total. The highest BCUT2D eigenvalue weighted by Gasteiger charge is 2.35. The molecule has 0 saturated carbocycles. The number of aromatic nitrogens is 4. The SMILES string of the molecule is Cc1c(-c2cc(C(F)(F)F)nn2C)cnn1CCO. The van der Waals surface area contributed by atoms with Gasteiger partial charge in [-0.25, -0.2) is 0 Å². The van der Waals surface area contributed by atoms with Crippen LogP contribution in [0.25, 0.3) is 11.3 Å². The van der Waals surface area contributed by atoms with Crippen molar-refractivity contribution in [2.75, 3.05) is 6.61 Å². The molecular formula is C11H13F3N4O. The first-order valence-corrected chi connectivity index (χ1v) is 5.59. The van der Waals surface area contributed by atoms with E-state index in [9.17, 15) is 13.2 Å². The monoisotopic (exact) mass is 274 g/mol. The molecule has 0 spiro atoms. The molecule has 2 aromatic rings. The molecule has 1 N–H and O–H groups in total. The molecule has 0 radical (unpaired) electrons. The van der Waals surface area contributed by atoms with E-state index in [0.29, 0.717) is 23.5 Å². The number of rotatable bonds is 3. The summed E-state index contributed by atoms with van der Waals surface area (Å²) < 4.78 is 40.5. The number of aliphatic hydroxyl groups is 1. The summed E-state index contributed by atoms with van der Waals surface area (Å²) in [6.45, 7) is 1.95. The summed E-state index contributed by atoms with van der Waals surface area (Å²) in [6, 6.07) is 0.993. The minimum atomic E-state index is -4.47. The lowest BCUT2D eigenvalue weighted by Gasteiger charge is -2.03. The quantitative estimate of drug-likeness (QED) is 0.925. The van der Waals surface area contributed by atoms with E-state index in [1.165, 1.54) is 22.6 Å². The minimum Gasteiger partial charge on any atom is -0.394 e. The van der Waals surface area contributed by atoms with E-state index in [2.05, 4.69) is 10.2 Å². The van der Waals surface area contributed by atoms with Gasteiger partial charge in [0.25, 0.3) is 0 Å². The molecular weight excluding hydrogens is 261 g/mol. The van der Waals surface area contributed by atoms with Gasteiger partial charge in [-0.2, -0.15) is 23.4 Å². The van der Waals surface area contributed by atoms with E-state index in [0.717, 1.165) is 6.07 Å². The Morgan fingerprint density at radius 3 is 2.58 bits per heavy atom. The first-order valence-electron chi connectivity index (χ1n) is 5.59. The molecule has 0 saturated heterocycles. The molecule has 0 aliphatic rings. The molecule has 104 valence electrons. The number of halogens is 3. The maximum Gasteiger partial charge on any atom is 0.435 e. The fourth-order valence-corrected chi connectivity index (χ4v) is 1.88. The molecule has 0 fully saturated rings. The molecule has 0 amide bonds. The van der Waals surface area contributed by atoms with Gasteiger partial charge in [0, 0.05) is 18.3 Å². The Balaban J connectivity index is 2.45. The van der Waals surface area contributed by atoms with Crippen LogP contribution in [0.15, 0.2) is 12.3 Å². The molecule has 2 aromatic heterocycles. The van der Waals surface area contributed by atoms with Crippen molar-refractivity contribution in [1.29, 1.82) is 0 Å². The molecule has 0 aliphatic carbocycles. The summed E-state index contributed by atoms with van der Waals surface area (Å²) in [7, 11) is 1.45. The van der Waals surface area contributed by atoms with Crippen molar-refractivity contribution in [3.63, 3.8) is 0 Å². The fourth-order valence-electron chi connectivity index (χ4n) is 1.88. The number of nitrogens with zero attached hydrogens (tertiary/aromatic N) is 4. The lowest BCUT2D eigenvalue weighted by atomic mass is 10.2. The summed E-state index contributed by atoms with van der Waals surface area (Å²) in [5.74, 6) is 0. The first kappa shape index (κ1) is 13.6. The summed E-state index contributed by atoms with van der Waals surface area (Å²) in [6.07, 6.45) is -2.99. The number of aliphatic hydroxyl groups excluding tert-OH is 1. The zero-order valence-electron chi connectivity index (χ0n) is 10.4. The average molecular weight is 274 g/mol. The summed E-state index contributed by atoms with van der Waals surface area (Å²) in [5, 5.41) is 16.4. The maximum absolute atomic E-state index is 12.6. The molecule has 0 aliphatic heterocycles. The van der Waals surface area contributed by atoms with Gasteiger partial charge in [-0.05, 0) is 13.0 Å². The second kappa shape index (κ2) is 4.69. The van der Waals surface area contributed by atoms with Crippen molar-refractivity contribution in [3.8, 4) is 11.3 Å². The third kappa shape index (κ3) is 2.48. The van der Waals surface area contributed by atoms with E-state index in [-0.39, 0.29) is 6.61 Å². The molecule has 8 heteroatoms. The zero-order chi connectivity index (χ0) is 14.2. The Morgan fingerprint density at radius 1 is 1.37 bits per heavy atom. The van der Waals surface area contributed by atoms with Crippen LogP contribution in [0.3, 0.4) is 0 Å². The van der Waals surface area contributed by atoms with Crippen molar-refractivity contribution in [3.05, 3.63) is 23.7 Å². The van der Waals surface area contributed by atoms with Gasteiger partial charge in [0.2, 0.25) is 0 Å². The number of hydrogen-bond donors (Lipinski definition) is 1. The van der Waals surface area contributed by atoms with Crippen LogP contribution < -0.4 is 0 Å². The lowest BCUT2D eigenvalue weighted by Crippen LogP contribution is -2.06. The third-order valence-electron chi connectivity index (χ3n) is 2.86. The summed E-state index contributed by atoms with van der Waals surface area (Å²) >= 11 is 0. The third-order valence-corrected chi connectivity index (χ3v) is 2.86. The van der Waals surface area contributed by atoms with Gasteiger partial charge < -0.3 is 5.11 Å². The lowest BCUT2D eigenvalue weighted by molar-refractivity contribution is -0.141. The second-order valence-electron chi connectivity index (χ2n) is 4.13. The van der Waals surface area contributed by atoms with Crippen molar-refractivity contribution in [1.82, 2.24) is 19.6 Å². The second-order valence-corrected chi connectivity index (χ2v) is 4.13. The first-order chi connectivity index (χ1) is 8.84. The van der Waals surface area contributed by atoms with Crippen LogP contribution in [0.1, 0.15) is 11.4 Å². The van der Waals surface area contributed by atoms with Gasteiger partial charge in [0.1, 0.15) is 0 Å². The Kier molecular flexibility index (Phi) is 3.36. The van der Waals surface area contributed by atoms with Gasteiger partial charge >= 0.3 is 6.18 Å². The maximum atomic E-state index is 12.6. The summed E-state index contributed by atoms with van der Waals surface area (Å²) in [4.78, 5) is 0. The topological polar surface area (TPSA) is 55.9 Å². The van der Waals surface area contributed by atoms with Crippen LogP contribution in [0.5, 0.6) is 0 Å². The van der Waals surface area contributed by atoms with Crippen LogP contribution in [0, 0.1) is 6.92 Å². The zero-order valence-corrected chi connectivity index (χ0v) is 10.4. The minimum absolute atomic E-state index is 0.0822. The number of alkyl halides is 3.